The van der Waals surface area contributed by atoms with Crippen LogP contribution in [0.5, 0.6) is 0 Å². The first-order valence-electron chi connectivity index (χ1n) is 7.76. The Hall–Kier alpha value is -1.88. The summed E-state index contributed by atoms with van der Waals surface area (Å²) < 4.78 is 36.5. The van der Waals surface area contributed by atoms with Crippen molar-refractivity contribution < 1.29 is 22.8 Å². The van der Waals surface area contributed by atoms with Crippen LogP contribution in [0.2, 0.25) is 0 Å². The van der Waals surface area contributed by atoms with Crippen molar-refractivity contribution in [3.05, 3.63) is 11.1 Å². The molecule has 0 radical (unpaired) electrons. The fraction of sp³-hybridized carbons (Fsp3) is 0.643. The summed E-state index contributed by atoms with van der Waals surface area (Å²) in [7, 11) is 1.39. The lowest BCUT2D eigenvalue weighted by molar-refractivity contribution is -0.143. The highest BCUT2D eigenvalue weighted by Gasteiger charge is 2.28. The van der Waals surface area contributed by atoms with Crippen molar-refractivity contribution in [2.24, 2.45) is 0 Å². The van der Waals surface area contributed by atoms with Crippen LogP contribution >= 0.6 is 11.3 Å². The molecule has 140 valence electrons. The van der Waals surface area contributed by atoms with E-state index in [4.69, 9.17) is 0 Å². The highest BCUT2D eigenvalue weighted by molar-refractivity contribution is 7.14. The molecule has 0 unspecified atom stereocenters. The number of alkyl halides is 3. The van der Waals surface area contributed by atoms with Crippen LogP contribution in [0.3, 0.4) is 0 Å². The molecule has 11 heteroatoms. The van der Waals surface area contributed by atoms with Crippen LogP contribution in [-0.4, -0.2) is 67.8 Å². The minimum atomic E-state index is -4.22. The zero-order valence-electron chi connectivity index (χ0n) is 13.7. The molecule has 1 aliphatic heterocycles. The molecule has 0 aromatic carbocycles. The van der Waals surface area contributed by atoms with Gasteiger partial charge in [-0.3, -0.25) is 14.6 Å². The number of hydrogen-bond acceptors (Lipinski definition) is 5. The van der Waals surface area contributed by atoms with E-state index in [1.54, 1.807) is 5.38 Å². The van der Waals surface area contributed by atoms with E-state index >= 15 is 0 Å². The van der Waals surface area contributed by atoms with Gasteiger partial charge in [-0.15, -0.1) is 11.3 Å². The number of carbonyl (C=O) groups excluding carboxylic acids is 2. The fourth-order valence-corrected chi connectivity index (χ4v) is 3.19. The van der Waals surface area contributed by atoms with Gasteiger partial charge in [0.15, 0.2) is 5.13 Å². The number of hydrogen-bond donors (Lipinski definition) is 2. The van der Waals surface area contributed by atoms with Crippen LogP contribution in [0, 0.1) is 0 Å². The van der Waals surface area contributed by atoms with Gasteiger partial charge >= 0.3 is 12.2 Å². The minimum Gasteiger partial charge on any atom is -0.356 e. The highest BCUT2D eigenvalue weighted by atomic mass is 32.1. The Bertz CT molecular complexity index is 608. The van der Waals surface area contributed by atoms with Gasteiger partial charge in [-0.1, -0.05) is 0 Å². The van der Waals surface area contributed by atoms with Gasteiger partial charge in [-0.2, -0.15) is 13.2 Å². The normalized spacial score (nSPS) is 14.9. The minimum absolute atomic E-state index is 0.0738. The molecule has 1 fully saturated rings. The second-order valence-corrected chi connectivity index (χ2v) is 6.57. The Labute approximate surface area is 147 Å². The molecule has 3 amide bonds. The molecule has 0 saturated carbocycles. The molecule has 1 saturated heterocycles. The van der Waals surface area contributed by atoms with Gasteiger partial charge in [0.2, 0.25) is 5.91 Å². The summed E-state index contributed by atoms with van der Waals surface area (Å²) in [5.74, 6) is -0.249. The Kier molecular flexibility index (Phi) is 6.59. The third-order valence-electron chi connectivity index (χ3n) is 3.46. The molecule has 2 rings (SSSR count). The number of thiazole rings is 1. The number of nitrogens with zero attached hydrogens (tertiary/aromatic N) is 3. The van der Waals surface area contributed by atoms with Crippen molar-refractivity contribution in [3.8, 4) is 0 Å². The largest absolute Gasteiger partial charge is 0.401 e. The standard InChI is InChI=1S/C14H20F3N5O2S/c1-21(9-14(15,16)17)5-2-3-18-11(23)7-10-8-25-13(20-10)22-6-4-19-12(22)24/h8H,2-7,9H2,1H3,(H,18,23)(H,19,24). The van der Waals surface area contributed by atoms with Crippen LogP contribution in [0.15, 0.2) is 5.38 Å². The molecular formula is C14H20F3N5O2S. The first-order chi connectivity index (χ1) is 11.7. The second-order valence-electron chi connectivity index (χ2n) is 5.74. The molecule has 0 spiro atoms. The van der Waals surface area contributed by atoms with Crippen molar-refractivity contribution in [3.63, 3.8) is 0 Å². The van der Waals surface area contributed by atoms with E-state index in [1.165, 1.54) is 28.2 Å². The summed E-state index contributed by atoms with van der Waals surface area (Å²) >= 11 is 1.29. The smallest absolute Gasteiger partial charge is 0.356 e. The molecular weight excluding hydrogens is 359 g/mol. The Morgan fingerprint density at radius 1 is 1.52 bits per heavy atom. The first-order valence-corrected chi connectivity index (χ1v) is 8.64. The molecule has 1 aromatic rings. The predicted molar refractivity (Wildman–Crippen MR) is 87.7 cm³/mol. The topological polar surface area (TPSA) is 77.6 Å². The number of amides is 3. The van der Waals surface area contributed by atoms with E-state index < -0.39 is 12.7 Å². The van der Waals surface area contributed by atoms with Crippen molar-refractivity contribution >= 4 is 28.4 Å². The second kappa shape index (κ2) is 8.48. The molecule has 0 aliphatic carbocycles. The first kappa shape index (κ1) is 19.4. The average molecular weight is 379 g/mol. The lowest BCUT2D eigenvalue weighted by atomic mass is 10.3. The van der Waals surface area contributed by atoms with E-state index in [2.05, 4.69) is 15.6 Å². The quantitative estimate of drug-likeness (QED) is 0.666. The fourth-order valence-electron chi connectivity index (χ4n) is 2.34. The third-order valence-corrected chi connectivity index (χ3v) is 4.37. The van der Waals surface area contributed by atoms with E-state index in [0.29, 0.717) is 36.9 Å². The molecule has 1 aliphatic rings. The van der Waals surface area contributed by atoms with Crippen molar-refractivity contribution in [2.75, 3.05) is 44.7 Å². The zero-order valence-corrected chi connectivity index (χ0v) is 14.5. The average Bonchev–Trinajstić information content (AvgIpc) is 3.10. The summed E-state index contributed by atoms with van der Waals surface area (Å²) in [4.78, 5) is 30.4. The summed E-state index contributed by atoms with van der Waals surface area (Å²) in [6.07, 6.45) is -3.72. The Morgan fingerprint density at radius 2 is 2.28 bits per heavy atom. The van der Waals surface area contributed by atoms with E-state index in [-0.39, 0.29) is 24.9 Å². The lowest BCUT2D eigenvalue weighted by Gasteiger charge is -2.18. The van der Waals surface area contributed by atoms with Crippen LogP contribution in [0.25, 0.3) is 0 Å². The van der Waals surface area contributed by atoms with Crippen LogP contribution in [-0.2, 0) is 11.2 Å². The van der Waals surface area contributed by atoms with Gasteiger partial charge < -0.3 is 10.6 Å². The SMILES string of the molecule is CN(CCCNC(=O)Cc1csc(N2CCNC2=O)n1)CC(F)(F)F. The van der Waals surface area contributed by atoms with Gasteiger partial charge in [-0.05, 0) is 20.0 Å². The number of aromatic nitrogens is 1. The van der Waals surface area contributed by atoms with Gasteiger partial charge in [0, 0.05) is 25.0 Å². The van der Waals surface area contributed by atoms with Crippen molar-refractivity contribution in [1.29, 1.82) is 0 Å². The van der Waals surface area contributed by atoms with Crippen molar-refractivity contribution in [2.45, 2.75) is 19.0 Å². The van der Waals surface area contributed by atoms with E-state index in [0.717, 1.165) is 0 Å². The molecule has 2 heterocycles. The monoisotopic (exact) mass is 379 g/mol. The summed E-state index contributed by atoms with van der Waals surface area (Å²) in [6, 6.07) is -0.201. The Balaban J connectivity index is 1.67. The number of rotatable bonds is 8. The zero-order chi connectivity index (χ0) is 18.4. The maximum Gasteiger partial charge on any atom is 0.401 e. The molecule has 25 heavy (non-hydrogen) atoms. The van der Waals surface area contributed by atoms with Gasteiger partial charge in [0.05, 0.1) is 18.7 Å². The maximum absolute atomic E-state index is 12.2. The van der Waals surface area contributed by atoms with Gasteiger partial charge in [0.25, 0.3) is 0 Å². The summed E-state index contributed by atoms with van der Waals surface area (Å²) in [5.41, 5.74) is 0.561. The third kappa shape index (κ3) is 6.50. The predicted octanol–water partition coefficient (Wildman–Crippen LogP) is 1.22. The molecule has 7 nitrogen and oxygen atoms in total. The van der Waals surface area contributed by atoms with E-state index in [9.17, 15) is 22.8 Å². The lowest BCUT2D eigenvalue weighted by Crippen LogP contribution is -2.34. The van der Waals surface area contributed by atoms with Gasteiger partial charge in [-0.25, -0.2) is 9.78 Å². The number of nitrogens with one attached hydrogen (secondary N) is 2. The maximum atomic E-state index is 12.2. The highest BCUT2D eigenvalue weighted by Crippen LogP contribution is 2.22. The van der Waals surface area contributed by atoms with Crippen LogP contribution in [0.4, 0.5) is 23.1 Å². The van der Waals surface area contributed by atoms with E-state index in [1.807, 2.05) is 0 Å². The molecule has 2 N–H and O–H groups in total. The number of urea groups is 1. The number of halogens is 3. The van der Waals surface area contributed by atoms with Gasteiger partial charge in [0.1, 0.15) is 0 Å². The summed E-state index contributed by atoms with van der Waals surface area (Å²) in [6.45, 7) is 0.685. The number of anilines is 1. The van der Waals surface area contributed by atoms with Crippen molar-refractivity contribution in [1.82, 2.24) is 20.5 Å². The summed E-state index contributed by atoms with van der Waals surface area (Å²) in [5, 5.41) is 7.61. The Morgan fingerprint density at radius 3 is 2.92 bits per heavy atom. The van der Waals surface area contributed by atoms with Crippen LogP contribution in [0.1, 0.15) is 12.1 Å². The van der Waals surface area contributed by atoms with Crippen LogP contribution < -0.4 is 15.5 Å². The molecule has 0 bridgehead atoms. The number of carbonyl (C=O) groups is 2. The molecule has 0 atom stereocenters. The molecule has 1 aromatic heterocycles.